The summed E-state index contributed by atoms with van der Waals surface area (Å²) in [4.78, 5) is 0. The van der Waals surface area contributed by atoms with E-state index in [0.29, 0.717) is 0 Å². The van der Waals surface area contributed by atoms with E-state index in [0.717, 1.165) is 17.3 Å². The molecule has 1 atom stereocenters. The van der Waals surface area contributed by atoms with Crippen molar-refractivity contribution >= 4 is 33.9 Å². The number of hydrogen-bond acceptors (Lipinski definition) is 3. The van der Waals surface area contributed by atoms with Crippen LogP contribution >= 0.6 is 28.7 Å². The summed E-state index contributed by atoms with van der Waals surface area (Å²) in [6.45, 7) is 0. The number of nitrogens with one attached hydrogen (secondary N) is 1. The van der Waals surface area contributed by atoms with Gasteiger partial charge < -0.3 is 5.73 Å². The first-order chi connectivity index (χ1) is 6.24. The van der Waals surface area contributed by atoms with E-state index in [9.17, 15) is 0 Å². The predicted octanol–water partition coefficient (Wildman–Crippen LogP) is 2.46. The van der Waals surface area contributed by atoms with E-state index in [4.69, 9.17) is 16.4 Å². The molecule has 0 aliphatic heterocycles. The maximum atomic E-state index is 8.81. The van der Waals surface area contributed by atoms with Crippen LogP contribution in [0.5, 0.6) is 0 Å². The van der Waals surface area contributed by atoms with Crippen LogP contribution in [0.25, 0.3) is 0 Å². The van der Waals surface area contributed by atoms with Gasteiger partial charge in [0.25, 0.3) is 0 Å². The molecule has 0 fully saturated rings. The highest BCUT2D eigenvalue weighted by Gasteiger charge is 2.11. The molecule has 0 aromatic heterocycles. The highest BCUT2D eigenvalue weighted by molar-refractivity contribution is 8.93. The van der Waals surface area contributed by atoms with Crippen LogP contribution in [0.3, 0.4) is 0 Å². The van der Waals surface area contributed by atoms with Crippen LogP contribution in [0.4, 0.5) is 0 Å². The lowest BCUT2D eigenvalue weighted by Crippen LogP contribution is -2.06. The summed E-state index contributed by atoms with van der Waals surface area (Å²) in [5.41, 5.74) is 6.08. The molecule has 1 aromatic rings. The standard InChI is InChI=1S/C9H9N3S.BrH/c10-6-8(13-9(11)12)7-4-2-1-3-5-7;/h1-5,8H,(H3,11,12);1H. The molecule has 1 rings (SSSR count). The molecule has 0 amide bonds. The summed E-state index contributed by atoms with van der Waals surface area (Å²) in [6, 6.07) is 11.4. The second-order valence-corrected chi connectivity index (χ2v) is 3.55. The second-order valence-electron chi connectivity index (χ2n) is 2.40. The van der Waals surface area contributed by atoms with Crippen LogP contribution < -0.4 is 5.73 Å². The largest absolute Gasteiger partial charge is 0.379 e. The molecule has 0 heterocycles. The minimum absolute atomic E-state index is 0. The van der Waals surface area contributed by atoms with Gasteiger partial charge in [-0.15, -0.1) is 17.0 Å². The zero-order valence-corrected chi connectivity index (χ0v) is 9.83. The van der Waals surface area contributed by atoms with E-state index in [1.54, 1.807) is 0 Å². The number of benzene rings is 1. The van der Waals surface area contributed by atoms with Crippen molar-refractivity contribution in [1.29, 1.82) is 10.7 Å². The van der Waals surface area contributed by atoms with E-state index in [1.165, 1.54) is 0 Å². The van der Waals surface area contributed by atoms with E-state index in [-0.39, 0.29) is 27.4 Å². The molecule has 0 aliphatic rings. The minimum Gasteiger partial charge on any atom is -0.379 e. The lowest BCUT2D eigenvalue weighted by Gasteiger charge is -2.06. The molecular weight excluding hydrogens is 262 g/mol. The third-order valence-corrected chi connectivity index (χ3v) is 2.33. The van der Waals surface area contributed by atoms with Crippen LogP contribution in [-0.2, 0) is 0 Å². The van der Waals surface area contributed by atoms with Crippen LogP contribution in [0, 0.1) is 16.7 Å². The number of amidine groups is 1. The Morgan fingerprint density at radius 2 is 2.00 bits per heavy atom. The Balaban J connectivity index is 0.00000169. The molecule has 0 aliphatic carbocycles. The SMILES string of the molecule is Br.N#CC(SC(=N)N)c1ccccc1. The Bertz CT molecular complexity index is 334. The minimum atomic E-state index is -0.376. The fourth-order valence-electron chi connectivity index (χ4n) is 0.924. The van der Waals surface area contributed by atoms with Gasteiger partial charge in [-0.3, -0.25) is 5.41 Å². The Morgan fingerprint density at radius 3 is 2.43 bits per heavy atom. The second kappa shape index (κ2) is 6.46. The van der Waals surface area contributed by atoms with E-state index < -0.39 is 0 Å². The van der Waals surface area contributed by atoms with Crippen molar-refractivity contribution in [3.8, 4) is 6.07 Å². The normalized spacial score (nSPS) is 10.8. The molecule has 74 valence electrons. The smallest absolute Gasteiger partial charge is 0.152 e. The molecular formula is C9H10BrN3S. The third kappa shape index (κ3) is 3.81. The van der Waals surface area contributed by atoms with Crippen molar-refractivity contribution in [2.24, 2.45) is 5.73 Å². The third-order valence-electron chi connectivity index (χ3n) is 1.46. The summed E-state index contributed by atoms with van der Waals surface area (Å²) >= 11 is 1.05. The molecule has 0 saturated carbocycles. The Hall–Kier alpha value is -0.990. The number of nitrogens with two attached hydrogens (primary N) is 1. The van der Waals surface area contributed by atoms with Gasteiger partial charge in [-0.25, -0.2) is 0 Å². The van der Waals surface area contributed by atoms with Crippen LogP contribution in [0.1, 0.15) is 10.8 Å². The van der Waals surface area contributed by atoms with Crippen molar-refractivity contribution in [3.63, 3.8) is 0 Å². The lowest BCUT2D eigenvalue weighted by atomic mass is 10.2. The van der Waals surface area contributed by atoms with Gasteiger partial charge in [-0.2, -0.15) is 5.26 Å². The average molecular weight is 272 g/mol. The maximum Gasteiger partial charge on any atom is 0.152 e. The van der Waals surface area contributed by atoms with Gasteiger partial charge in [0.15, 0.2) is 5.17 Å². The predicted molar refractivity (Wildman–Crippen MR) is 64.6 cm³/mol. The fourth-order valence-corrected chi connectivity index (χ4v) is 1.52. The van der Waals surface area contributed by atoms with Crippen molar-refractivity contribution in [2.75, 3.05) is 0 Å². The Kier molecular flexibility index (Phi) is 6.00. The van der Waals surface area contributed by atoms with E-state index in [1.807, 2.05) is 30.3 Å². The highest BCUT2D eigenvalue weighted by Crippen LogP contribution is 2.26. The zero-order chi connectivity index (χ0) is 9.68. The fraction of sp³-hybridized carbons (Fsp3) is 0.111. The van der Waals surface area contributed by atoms with Crippen molar-refractivity contribution in [2.45, 2.75) is 5.25 Å². The van der Waals surface area contributed by atoms with Crippen LogP contribution in [-0.4, -0.2) is 5.17 Å². The summed E-state index contributed by atoms with van der Waals surface area (Å²) in [6.07, 6.45) is 0. The number of halogens is 1. The van der Waals surface area contributed by atoms with Gasteiger partial charge in [0.2, 0.25) is 0 Å². The van der Waals surface area contributed by atoms with E-state index in [2.05, 4.69) is 6.07 Å². The highest BCUT2D eigenvalue weighted by atomic mass is 79.9. The molecule has 14 heavy (non-hydrogen) atoms. The summed E-state index contributed by atoms with van der Waals surface area (Å²) in [7, 11) is 0. The van der Waals surface area contributed by atoms with Gasteiger partial charge >= 0.3 is 0 Å². The molecule has 5 heteroatoms. The van der Waals surface area contributed by atoms with Gasteiger partial charge in [0.05, 0.1) is 6.07 Å². The molecule has 0 bridgehead atoms. The molecule has 0 spiro atoms. The number of thioether (sulfide) groups is 1. The lowest BCUT2D eigenvalue weighted by molar-refractivity contribution is 1.23. The van der Waals surface area contributed by atoms with Gasteiger partial charge in [-0.1, -0.05) is 42.1 Å². The topological polar surface area (TPSA) is 73.7 Å². The molecule has 0 saturated heterocycles. The van der Waals surface area contributed by atoms with Gasteiger partial charge in [0.1, 0.15) is 5.25 Å². The Morgan fingerprint density at radius 1 is 1.43 bits per heavy atom. The Labute approximate surface area is 97.6 Å². The number of nitrogens with zero attached hydrogens (tertiary/aromatic N) is 1. The number of rotatable bonds is 2. The number of hydrogen-bond donors (Lipinski definition) is 2. The monoisotopic (exact) mass is 271 g/mol. The summed E-state index contributed by atoms with van der Waals surface area (Å²) in [5.74, 6) is 0. The zero-order valence-electron chi connectivity index (χ0n) is 7.31. The maximum absolute atomic E-state index is 8.81. The van der Waals surface area contributed by atoms with Crippen LogP contribution in [0.2, 0.25) is 0 Å². The molecule has 0 radical (unpaired) electrons. The van der Waals surface area contributed by atoms with Crippen LogP contribution in [0.15, 0.2) is 30.3 Å². The first-order valence-electron chi connectivity index (χ1n) is 3.69. The average Bonchev–Trinajstić information content (AvgIpc) is 2.15. The van der Waals surface area contributed by atoms with E-state index >= 15 is 0 Å². The van der Waals surface area contributed by atoms with Gasteiger partial charge in [-0.05, 0) is 5.56 Å². The molecule has 3 nitrogen and oxygen atoms in total. The first kappa shape index (κ1) is 13.0. The van der Waals surface area contributed by atoms with Crippen molar-refractivity contribution in [3.05, 3.63) is 35.9 Å². The number of nitriles is 1. The quantitative estimate of drug-likeness (QED) is 0.641. The van der Waals surface area contributed by atoms with Crippen molar-refractivity contribution in [1.82, 2.24) is 0 Å². The molecule has 1 aromatic carbocycles. The molecule has 3 N–H and O–H groups in total. The van der Waals surface area contributed by atoms with Crippen molar-refractivity contribution < 1.29 is 0 Å². The summed E-state index contributed by atoms with van der Waals surface area (Å²) < 4.78 is 0. The molecule has 1 unspecified atom stereocenters. The summed E-state index contributed by atoms with van der Waals surface area (Å²) in [5, 5.41) is 15.5. The first-order valence-corrected chi connectivity index (χ1v) is 4.57. The van der Waals surface area contributed by atoms with Gasteiger partial charge in [0, 0.05) is 0 Å².